The van der Waals surface area contributed by atoms with E-state index in [1.54, 1.807) is 18.6 Å². The molecule has 0 aliphatic heterocycles. The Hall–Kier alpha value is -1.95. The number of rotatable bonds is 19. The predicted octanol–water partition coefficient (Wildman–Crippen LogP) is 7.94. The van der Waals surface area contributed by atoms with Gasteiger partial charge in [0.05, 0.1) is 24.7 Å². The zero-order chi connectivity index (χ0) is 24.4. The molecule has 6 heteroatoms. The average molecular weight is 484 g/mol. The van der Waals surface area contributed by atoms with Crippen LogP contribution in [0.1, 0.15) is 98.3 Å². The number of hydrogen-bond donors (Lipinski definition) is 0. The van der Waals surface area contributed by atoms with E-state index >= 15 is 0 Å². The standard InChI is InChI=1S/C28H45N3O2Si/c1-5-7-9-10-11-12-18-32-27-17-16-25(19-30-27)26-20-29-21-28(31-26)33-34-22-24(4)15-14-23(3)13-8-6-2/h16-17,19-21,23-24H,5-15,18,22H2,1-4H3. The van der Waals surface area contributed by atoms with Gasteiger partial charge in [0.1, 0.15) is 0 Å². The second-order valence-electron chi connectivity index (χ2n) is 9.62. The second-order valence-corrected chi connectivity index (χ2v) is 10.5. The average Bonchev–Trinajstić information content (AvgIpc) is 2.86. The van der Waals surface area contributed by atoms with Gasteiger partial charge in [-0.3, -0.25) is 4.98 Å². The Balaban J connectivity index is 1.71. The van der Waals surface area contributed by atoms with Gasteiger partial charge >= 0.3 is 9.76 Å². The molecule has 34 heavy (non-hydrogen) atoms. The number of nitrogens with zero attached hydrogens (tertiary/aromatic N) is 3. The van der Waals surface area contributed by atoms with Gasteiger partial charge in [-0.1, -0.05) is 91.9 Å². The maximum atomic E-state index is 5.94. The third-order valence-electron chi connectivity index (χ3n) is 6.20. The Morgan fingerprint density at radius 2 is 1.56 bits per heavy atom. The summed E-state index contributed by atoms with van der Waals surface area (Å²) in [5, 5.41) is 0. The summed E-state index contributed by atoms with van der Waals surface area (Å²) in [6, 6.07) is 4.96. The van der Waals surface area contributed by atoms with Crippen LogP contribution in [0.2, 0.25) is 6.04 Å². The van der Waals surface area contributed by atoms with Gasteiger partial charge in [0, 0.05) is 17.8 Å². The van der Waals surface area contributed by atoms with Gasteiger partial charge in [0.15, 0.2) is 0 Å². The summed E-state index contributed by atoms with van der Waals surface area (Å²) in [7, 11) is 0.407. The van der Waals surface area contributed by atoms with Gasteiger partial charge in [0.2, 0.25) is 11.8 Å². The molecule has 0 bridgehead atoms. The van der Waals surface area contributed by atoms with E-state index in [4.69, 9.17) is 9.16 Å². The van der Waals surface area contributed by atoms with E-state index in [0.29, 0.717) is 27.4 Å². The van der Waals surface area contributed by atoms with Gasteiger partial charge in [-0.05, 0) is 30.4 Å². The first kappa shape index (κ1) is 28.3. The van der Waals surface area contributed by atoms with Crippen molar-refractivity contribution in [2.75, 3.05) is 6.61 Å². The number of pyridine rings is 1. The molecule has 5 nitrogen and oxygen atoms in total. The highest BCUT2D eigenvalue weighted by atomic mass is 28.2. The lowest BCUT2D eigenvalue weighted by atomic mass is 9.95. The minimum atomic E-state index is 0.407. The fraction of sp³-hybridized carbons (Fsp3) is 0.679. The van der Waals surface area contributed by atoms with E-state index in [1.165, 1.54) is 64.2 Å². The van der Waals surface area contributed by atoms with E-state index in [2.05, 4.69) is 42.6 Å². The normalized spacial score (nSPS) is 12.9. The van der Waals surface area contributed by atoms with Crippen LogP contribution in [0, 0.1) is 11.8 Å². The lowest BCUT2D eigenvalue weighted by Crippen LogP contribution is -2.09. The molecule has 0 N–H and O–H groups in total. The van der Waals surface area contributed by atoms with Crippen molar-refractivity contribution in [1.29, 1.82) is 0 Å². The Bertz CT molecular complexity index is 773. The van der Waals surface area contributed by atoms with Crippen molar-refractivity contribution in [3.05, 3.63) is 30.7 Å². The topological polar surface area (TPSA) is 57.1 Å². The number of aromatic nitrogens is 3. The summed E-state index contributed by atoms with van der Waals surface area (Å²) < 4.78 is 11.7. The molecule has 0 saturated carbocycles. The largest absolute Gasteiger partial charge is 0.527 e. The lowest BCUT2D eigenvalue weighted by molar-refractivity contribution is 0.293. The summed E-state index contributed by atoms with van der Waals surface area (Å²) >= 11 is 0. The Morgan fingerprint density at radius 1 is 0.794 bits per heavy atom. The van der Waals surface area contributed by atoms with Crippen LogP contribution in [0.25, 0.3) is 11.3 Å². The van der Waals surface area contributed by atoms with Crippen molar-refractivity contribution in [2.24, 2.45) is 11.8 Å². The molecule has 188 valence electrons. The molecule has 0 saturated heterocycles. The second kappa shape index (κ2) is 17.5. The molecule has 0 aromatic carbocycles. The van der Waals surface area contributed by atoms with Crippen LogP contribution < -0.4 is 9.16 Å². The molecule has 2 unspecified atom stereocenters. The van der Waals surface area contributed by atoms with Crippen molar-refractivity contribution < 1.29 is 9.16 Å². The zero-order valence-electron chi connectivity index (χ0n) is 21.9. The first-order valence-corrected chi connectivity index (χ1v) is 14.5. The number of unbranched alkanes of at least 4 members (excludes halogenated alkanes) is 6. The lowest BCUT2D eigenvalue weighted by Gasteiger charge is -2.15. The highest BCUT2D eigenvalue weighted by Crippen LogP contribution is 2.22. The summed E-state index contributed by atoms with van der Waals surface area (Å²) in [5.41, 5.74) is 1.69. The fourth-order valence-corrected chi connectivity index (χ4v) is 4.66. The molecule has 2 heterocycles. The smallest absolute Gasteiger partial charge is 0.313 e. The third kappa shape index (κ3) is 12.0. The molecule has 2 atom stereocenters. The minimum absolute atomic E-state index is 0.407. The SMILES string of the molecule is CCCCCCCCOc1ccc(-c2cncc(O[Si]CC(C)CCC(C)CCCC)n2)cn1. The number of hydrogen-bond acceptors (Lipinski definition) is 5. The van der Waals surface area contributed by atoms with Crippen LogP contribution in [-0.2, 0) is 0 Å². The van der Waals surface area contributed by atoms with Crippen molar-refractivity contribution >= 4 is 9.76 Å². The molecule has 0 fully saturated rings. The molecule has 0 amide bonds. The quantitative estimate of drug-likeness (QED) is 0.150. The maximum absolute atomic E-state index is 5.94. The Kier molecular flexibility index (Phi) is 14.5. The van der Waals surface area contributed by atoms with E-state index in [9.17, 15) is 0 Å². The minimum Gasteiger partial charge on any atom is -0.527 e. The maximum Gasteiger partial charge on any atom is 0.313 e. The molecule has 0 aliphatic rings. The highest BCUT2D eigenvalue weighted by Gasteiger charge is 2.10. The van der Waals surface area contributed by atoms with Crippen LogP contribution in [-0.4, -0.2) is 31.3 Å². The summed E-state index contributed by atoms with van der Waals surface area (Å²) in [6.07, 6.45) is 19.3. The van der Waals surface area contributed by atoms with E-state index in [-0.39, 0.29) is 0 Å². The zero-order valence-corrected chi connectivity index (χ0v) is 22.9. The third-order valence-corrected chi connectivity index (χ3v) is 7.42. The molecule has 2 aromatic heterocycles. The van der Waals surface area contributed by atoms with E-state index < -0.39 is 0 Å². The Labute approximate surface area is 210 Å². The molecule has 2 radical (unpaired) electrons. The predicted molar refractivity (Wildman–Crippen MR) is 142 cm³/mol. The Morgan fingerprint density at radius 3 is 2.32 bits per heavy atom. The van der Waals surface area contributed by atoms with Crippen molar-refractivity contribution in [2.45, 2.75) is 104 Å². The molecule has 0 aliphatic carbocycles. The van der Waals surface area contributed by atoms with Gasteiger partial charge in [-0.15, -0.1) is 0 Å². The van der Waals surface area contributed by atoms with Crippen molar-refractivity contribution in [3.63, 3.8) is 0 Å². The van der Waals surface area contributed by atoms with Gasteiger partial charge in [-0.25, -0.2) is 9.97 Å². The van der Waals surface area contributed by atoms with Gasteiger partial charge < -0.3 is 9.16 Å². The summed E-state index contributed by atoms with van der Waals surface area (Å²) in [4.78, 5) is 13.4. The summed E-state index contributed by atoms with van der Waals surface area (Å²) in [6.45, 7) is 9.94. The number of ether oxygens (including phenoxy) is 1. The fourth-order valence-electron chi connectivity index (χ4n) is 3.84. The van der Waals surface area contributed by atoms with Crippen LogP contribution >= 0.6 is 0 Å². The van der Waals surface area contributed by atoms with Gasteiger partial charge in [0.25, 0.3) is 0 Å². The first-order valence-electron chi connectivity index (χ1n) is 13.4. The molecule has 2 aromatic rings. The monoisotopic (exact) mass is 483 g/mol. The molecular weight excluding hydrogens is 438 g/mol. The van der Waals surface area contributed by atoms with Crippen LogP contribution in [0.3, 0.4) is 0 Å². The molecular formula is C28H45N3O2Si. The first-order chi connectivity index (χ1) is 16.6. The van der Waals surface area contributed by atoms with Crippen LogP contribution in [0.4, 0.5) is 0 Å². The molecule has 2 rings (SSSR count). The van der Waals surface area contributed by atoms with Gasteiger partial charge in [-0.2, -0.15) is 0 Å². The summed E-state index contributed by atoms with van der Waals surface area (Å²) in [5.74, 6) is 2.75. The van der Waals surface area contributed by atoms with Crippen molar-refractivity contribution in [1.82, 2.24) is 15.0 Å². The van der Waals surface area contributed by atoms with Crippen molar-refractivity contribution in [3.8, 4) is 23.0 Å². The molecule has 0 spiro atoms. The van der Waals surface area contributed by atoms with E-state index in [0.717, 1.165) is 36.2 Å². The van der Waals surface area contributed by atoms with E-state index in [1.807, 2.05) is 12.1 Å². The van der Waals surface area contributed by atoms with Crippen LogP contribution in [0.5, 0.6) is 11.8 Å². The highest BCUT2D eigenvalue weighted by molar-refractivity contribution is 6.28. The van der Waals surface area contributed by atoms with Crippen LogP contribution in [0.15, 0.2) is 30.7 Å².